The quantitative estimate of drug-likeness (QED) is 0.825. The standard InChI is InChI=1S/C18H25NO3/c1-12-10-16(19-18(21)22-3)13(2)9-15(12)17(20)11-14-7-5-4-6-8-14/h9-10,14H,4-8,11H2,1-3H3,(H,19,21). The van der Waals surface area contributed by atoms with E-state index in [1.165, 1.54) is 39.2 Å². The molecule has 1 saturated carbocycles. The van der Waals surface area contributed by atoms with Crippen LogP contribution in [0.3, 0.4) is 0 Å². The van der Waals surface area contributed by atoms with Crippen molar-refractivity contribution < 1.29 is 14.3 Å². The molecule has 1 aromatic carbocycles. The molecule has 1 aliphatic carbocycles. The van der Waals surface area contributed by atoms with Crippen LogP contribution in [0.4, 0.5) is 10.5 Å². The average molecular weight is 303 g/mol. The number of carbonyl (C=O) groups excluding carboxylic acids is 2. The largest absolute Gasteiger partial charge is 0.453 e. The number of anilines is 1. The van der Waals surface area contributed by atoms with Crippen molar-refractivity contribution in [3.8, 4) is 0 Å². The van der Waals surface area contributed by atoms with E-state index in [-0.39, 0.29) is 5.78 Å². The van der Waals surface area contributed by atoms with E-state index in [1.54, 1.807) is 0 Å². The van der Waals surface area contributed by atoms with E-state index in [9.17, 15) is 9.59 Å². The van der Waals surface area contributed by atoms with Crippen LogP contribution in [0.5, 0.6) is 0 Å². The van der Waals surface area contributed by atoms with Gasteiger partial charge in [-0.3, -0.25) is 10.1 Å². The fourth-order valence-electron chi connectivity index (χ4n) is 3.18. The minimum atomic E-state index is -0.496. The summed E-state index contributed by atoms with van der Waals surface area (Å²) in [7, 11) is 1.33. The summed E-state index contributed by atoms with van der Waals surface area (Å²) in [6.45, 7) is 3.80. The van der Waals surface area contributed by atoms with Gasteiger partial charge in [0.05, 0.1) is 7.11 Å². The van der Waals surface area contributed by atoms with Crippen molar-refractivity contribution >= 4 is 17.6 Å². The molecule has 4 heteroatoms. The van der Waals surface area contributed by atoms with E-state index in [4.69, 9.17) is 0 Å². The Hall–Kier alpha value is -1.84. The molecule has 0 spiro atoms. The number of benzene rings is 1. The van der Waals surface area contributed by atoms with Crippen LogP contribution >= 0.6 is 0 Å². The number of carbonyl (C=O) groups is 2. The van der Waals surface area contributed by atoms with Gasteiger partial charge < -0.3 is 4.74 Å². The summed E-state index contributed by atoms with van der Waals surface area (Å²) in [6.07, 6.45) is 6.29. The molecular weight excluding hydrogens is 278 g/mol. The van der Waals surface area contributed by atoms with Gasteiger partial charge >= 0.3 is 6.09 Å². The van der Waals surface area contributed by atoms with Crippen LogP contribution < -0.4 is 5.32 Å². The Bertz CT molecular complexity index is 560. The number of methoxy groups -OCH3 is 1. The maximum Gasteiger partial charge on any atom is 0.411 e. The van der Waals surface area contributed by atoms with Crippen LogP contribution in [-0.2, 0) is 4.74 Å². The number of rotatable bonds is 4. The van der Waals surface area contributed by atoms with Gasteiger partial charge in [-0.25, -0.2) is 4.79 Å². The lowest BCUT2D eigenvalue weighted by Crippen LogP contribution is -2.15. The van der Waals surface area contributed by atoms with Gasteiger partial charge in [0.2, 0.25) is 0 Å². The third-order valence-corrected chi connectivity index (χ3v) is 4.49. The Labute approximate surface area is 132 Å². The van der Waals surface area contributed by atoms with Gasteiger partial charge in [0.15, 0.2) is 5.78 Å². The van der Waals surface area contributed by atoms with Crippen molar-refractivity contribution in [3.05, 3.63) is 28.8 Å². The first-order chi connectivity index (χ1) is 10.5. The fourth-order valence-corrected chi connectivity index (χ4v) is 3.18. The molecule has 1 fully saturated rings. The Kier molecular flexibility index (Phi) is 5.58. The highest BCUT2D eigenvalue weighted by molar-refractivity contribution is 5.99. The minimum Gasteiger partial charge on any atom is -0.453 e. The van der Waals surface area contributed by atoms with Crippen molar-refractivity contribution in [2.45, 2.75) is 52.4 Å². The van der Waals surface area contributed by atoms with Gasteiger partial charge in [0.1, 0.15) is 0 Å². The van der Waals surface area contributed by atoms with E-state index in [0.717, 1.165) is 16.7 Å². The molecule has 0 unspecified atom stereocenters. The fraction of sp³-hybridized carbons (Fsp3) is 0.556. The molecule has 0 heterocycles. The number of ketones is 1. The van der Waals surface area contributed by atoms with E-state index in [2.05, 4.69) is 10.1 Å². The Morgan fingerprint density at radius 3 is 2.45 bits per heavy atom. The van der Waals surface area contributed by atoms with Crippen LogP contribution in [0, 0.1) is 19.8 Å². The SMILES string of the molecule is COC(=O)Nc1cc(C)c(C(=O)CC2CCCCC2)cc1C. The lowest BCUT2D eigenvalue weighted by molar-refractivity contribution is 0.0949. The Morgan fingerprint density at radius 1 is 1.14 bits per heavy atom. The summed E-state index contributed by atoms with van der Waals surface area (Å²) < 4.78 is 4.61. The number of ether oxygens (including phenoxy) is 1. The molecule has 0 radical (unpaired) electrons. The van der Waals surface area contributed by atoms with Gasteiger partial charge in [0, 0.05) is 17.7 Å². The number of Topliss-reactive ketones (excluding diaryl/α,β-unsaturated/α-hetero) is 1. The first kappa shape index (κ1) is 16.5. The first-order valence-electron chi connectivity index (χ1n) is 8.00. The number of nitrogens with one attached hydrogen (secondary N) is 1. The first-order valence-corrected chi connectivity index (χ1v) is 8.00. The predicted molar refractivity (Wildman–Crippen MR) is 87.5 cm³/mol. The molecule has 22 heavy (non-hydrogen) atoms. The molecule has 1 aliphatic rings. The van der Waals surface area contributed by atoms with Gasteiger partial charge in [0.25, 0.3) is 0 Å². The van der Waals surface area contributed by atoms with Gasteiger partial charge in [-0.15, -0.1) is 0 Å². The van der Waals surface area contributed by atoms with Gasteiger partial charge in [-0.1, -0.05) is 32.1 Å². The molecule has 0 saturated heterocycles. The summed E-state index contributed by atoms with van der Waals surface area (Å²) in [5, 5.41) is 2.68. The summed E-state index contributed by atoms with van der Waals surface area (Å²) in [4.78, 5) is 23.9. The number of amides is 1. The summed E-state index contributed by atoms with van der Waals surface area (Å²) >= 11 is 0. The molecule has 1 aromatic rings. The molecule has 0 aromatic heterocycles. The zero-order valence-electron chi connectivity index (χ0n) is 13.7. The lowest BCUT2D eigenvalue weighted by atomic mass is 9.84. The van der Waals surface area contributed by atoms with Gasteiger partial charge in [-0.05, 0) is 43.0 Å². The predicted octanol–water partition coefficient (Wildman–Crippen LogP) is 4.63. The molecule has 2 rings (SSSR count). The van der Waals surface area contributed by atoms with Crippen LogP contribution in [0.2, 0.25) is 0 Å². The summed E-state index contributed by atoms with van der Waals surface area (Å²) in [6, 6.07) is 3.73. The second-order valence-corrected chi connectivity index (χ2v) is 6.23. The van der Waals surface area contributed by atoms with Crippen molar-refractivity contribution in [1.82, 2.24) is 0 Å². The molecule has 0 aliphatic heterocycles. The molecule has 0 atom stereocenters. The monoisotopic (exact) mass is 303 g/mol. The molecule has 4 nitrogen and oxygen atoms in total. The second kappa shape index (κ2) is 7.43. The van der Waals surface area contributed by atoms with Crippen LogP contribution in [0.1, 0.15) is 60.0 Å². The third kappa shape index (κ3) is 4.09. The normalized spacial score (nSPS) is 15.4. The summed E-state index contributed by atoms with van der Waals surface area (Å²) in [5.41, 5.74) is 3.25. The van der Waals surface area contributed by atoms with Crippen LogP contribution in [0.25, 0.3) is 0 Å². The van der Waals surface area contributed by atoms with E-state index < -0.39 is 6.09 Å². The van der Waals surface area contributed by atoms with Crippen molar-refractivity contribution in [1.29, 1.82) is 0 Å². The molecular formula is C18H25NO3. The number of aryl methyl sites for hydroxylation is 2. The smallest absolute Gasteiger partial charge is 0.411 e. The third-order valence-electron chi connectivity index (χ3n) is 4.49. The highest BCUT2D eigenvalue weighted by Crippen LogP contribution is 2.29. The zero-order chi connectivity index (χ0) is 16.1. The maximum absolute atomic E-state index is 12.6. The van der Waals surface area contributed by atoms with Crippen LogP contribution in [0.15, 0.2) is 12.1 Å². The maximum atomic E-state index is 12.6. The molecule has 1 N–H and O–H groups in total. The minimum absolute atomic E-state index is 0.220. The van der Waals surface area contributed by atoms with Crippen molar-refractivity contribution in [2.75, 3.05) is 12.4 Å². The zero-order valence-corrected chi connectivity index (χ0v) is 13.7. The number of hydrogen-bond acceptors (Lipinski definition) is 3. The Balaban J connectivity index is 2.11. The average Bonchev–Trinajstić information content (AvgIpc) is 2.51. The van der Waals surface area contributed by atoms with Crippen LogP contribution in [-0.4, -0.2) is 19.0 Å². The highest BCUT2D eigenvalue weighted by Gasteiger charge is 2.20. The van der Waals surface area contributed by atoms with E-state index in [0.29, 0.717) is 18.0 Å². The molecule has 0 bridgehead atoms. The molecule has 1 amide bonds. The summed E-state index contributed by atoms with van der Waals surface area (Å²) in [5.74, 6) is 0.756. The van der Waals surface area contributed by atoms with E-state index >= 15 is 0 Å². The van der Waals surface area contributed by atoms with Gasteiger partial charge in [-0.2, -0.15) is 0 Å². The van der Waals surface area contributed by atoms with Crippen molar-refractivity contribution in [2.24, 2.45) is 5.92 Å². The van der Waals surface area contributed by atoms with E-state index in [1.807, 2.05) is 26.0 Å². The lowest BCUT2D eigenvalue weighted by Gasteiger charge is -2.21. The topological polar surface area (TPSA) is 55.4 Å². The second-order valence-electron chi connectivity index (χ2n) is 6.23. The van der Waals surface area contributed by atoms with Crippen molar-refractivity contribution in [3.63, 3.8) is 0 Å². The molecule has 120 valence electrons. The highest BCUT2D eigenvalue weighted by atomic mass is 16.5. The number of hydrogen-bond donors (Lipinski definition) is 1. The Morgan fingerprint density at radius 2 is 1.82 bits per heavy atom.